The lowest BCUT2D eigenvalue weighted by Gasteiger charge is -2.35. The number of rotatable bonds is 8. The smallest absolute Gasteiger partial charge is 0.414 e. The van der Waals surface area contributed by atoms with E-state index in [0.29, 0.717) is 6.04 Å². The van der Waals surface area contributed by atoms with E-state index >= 15 is 0 Å². The number of likely N-dealkylation sites (tertiary alicyclic amines) is 1. The van der Waals surface area contributed by atoms with Crippen LogP contribution < -0.4 is 4.74 Å². The number of carboxylic acid groups (broad SMARTS) is 2. The molecule has 1 unspecified atom stereocenters. The zero-order valence-electron chi connectivity index (χ0n) is 15.9. The highest BCUT2D eigenvalue weighted by molar-refractivity contribution is 6.27. The van der Waals surface area contributed by atoms with E-state index in [0.717, 1.165) is 18.8 Å². The second-order valence-corrected chi connectivity index (χ2v) is 6.59. The van der Waals surface area contributed by atoms with E-state index in [1.54, 1.807) is 12.1 Å². The van der Waals surface area contributed by atoms with E-state index < -0.39 is 11.9 Å². The molecule has 1 atom stereocenters. The van der Waals surface area contributed by atoms with Gasteiger partial charge in [0.2, 0.25) is 0 Å². The highest BCUT2D eigenvalue weighted by Crippen LogP contribution is 2.21. The SMILES string of the molecule is CCCCCN1CCCCC1CCOc1ccc(F)cc1.O=C(O)C(=O)O. The summed E-state index contributed by atoms with van der Waals surface area (Å²) in [7, 11) is 0. The van der Waals surface area contributed by atoms with Crippen LogP contribution in [0.3, 0.4) is 0 Å². The second kappa shape index (κ2) is 13.1. The fourth-order valence-electron chi connectivity index (χ4n) is 3.09. The first-order chi connectivity index (χ1) is 12.9. The Morgan fingerprint density at radius 1 is 1.15 bits per heavy atom. The van der Waals surface area contributed by atoms with Crippen LogP contribution in [-0.4, -0.2) is 52.8 Å². The molecule has 2 N–H and O–H groups in total. The number of halogens is 1. The molecule has 152 valence electrons. The van der Waals surface area contributed by atoms with Crippen molar-refractivity contribution in [1.82, 2.24) is 4.90 Å². The maximum Gasteiger partial charge on any atom is 0.414 e. The first-order valence-electron chi connectivity index (χ1n) is 9.52. The van der Waals surface area contributed by atoms with Crippen LogP contribution in [0.1, 0.15) is 51.9 Å². The van der Waals surface area contributed by atoms with Gasteiger partial charge in [-0.25, -0.2) is 14.0 Å². The Bertz CT molecular complexity index is 552. The Morgan fingerprint density at radius 2 is 1.81 bits per heavy atom. The van der Waals surface area contributed by atoms with E-state index in [9.17, 15) is 4.39 Å². The van der Waals surface area contributed by atoms with Gasteiger partial charge in [-0.1, -0.05) is 26.2 Å². The van der Waals surface area contributed by atoms with Crippen molar-refractivity contribution in [3.63, 3.8) is 0 Å². The molecule has 1 aromatic carbocycles. The van der Waals surface area contributed by atoms with Crippen molar-refractivity contribution in [2.24, 2.45) is 0 Å². The molecule has 0 aromatic heterocycles. The summed E-state index contributed by atoms with van der Waals surface area (Å²) < 4.78 is 18.6. The molecular formula is C20H30FNO5. The summed E-state index contributed by atoms with van der Waals surface area (Å²) in [6, 6.07) is 6.97. The fourth-order valence-corrected chi connectivity index (χ4v) is 3.09. The van der Waals surface area contributed by atoms with Gasteiger partial charge in [-0.15, -0.1) is 0 Å². The summed E-state index contributed by atoms with van der Waals surface area (Å²) in [6.45, 7) is 5.45. The lowest BCUT2D eigenvalue weighted by Crippen LogP contribution is -2.40. The molecule has 1 aliphatic heterocycles. The number of benzene rings is 1. The Morgan fingerprint density at radius 3 is 2.41 bits per heavy atom. The molecule has 1 aliphatic rings. The molecule has 6 nitrogen and oxygen atoms in total. The van der Waals surface area contributed by atoms with Crippen molar-refractivity contribution < 1.29 is 28.9 Å². The van der Waals surface area contributed by atoms with Gasteiger partial charge in [-0.2, -0.15) is 0 Å². The maximum atomic E-state index is 12.8. The number of nitrogens with zero attached hydrogens (tertiary/aromatic N) is 1. The minimum Gasteiger partial charge on any atom is -0.494 e. The average molecular weight is 383 g/mol. The highest BCUT2D eigenvalue weighted by Gasteiger charge is 2.21. The Kier molecular flexibility index (Phi) is 11.1. The number of hydrogen-bond acceptors (Lipinski definition) is 4. The minimum absolute atomic E-state index is 0.211. The first kappa shape index (κ1) is 22.9. The van der Waals surface area contributed by atoms with Crippen LogP contribution in [0.5, 0.6) is 5.75 Å². The number of hydrogen-bond donors (Lipinski definition) is 2. The van der Waals surface area contributed by atoms with Crippen LogP contribution in [0.2, 0.25) is 0 Å². The quantitative estimate of drug-likeness (QED) is 0.525. The third-order valence-electron chi connectivity index (χ3n) is 4.51. The molecule has 0 aliphatic carbocycles. The molecule has 0 bridgehead atoms. The molecule has 7 heteroatoms. The molecule has 1 aromatic rings. The summed E-state index contributed by atoms with van der Waals surface area (Å²) in [4.78, 5) is 20.8. The number of piperidine rings is 1. The van der Waals surface area contributed by atoms with E-state index in [1.165, 1.54) is 63.7 Å². The van der Waals surface area contributed by atoms with Crippen molar-refractivity contribution in [1.29, 1.82) is 0 Å². The van der Waals surface area contributed by atoms with E-state index in [4.69, 9.17) is 24.5 Å². The minimum atomic E-state index is -1.82. The van der Waals surface area contributed by atoms with Crippen LogP contribution in [0.15, 0.2) is 24.3 Å². The molecule has 0 spiro atoms. The third kappa shape index (κ3) is 9.94. The number of aliphatic carboxylic acids is 2. The Hall–Kier alpha value is -2.15. The maximum absolute atomic E-state index is 12.8. The van der Waals surface area contributed by atoms with Crippen LogP contribution in [0, 0.1) is 5.82 Å². The van der Waals surface area contributed by atoms with Gasteiger partial charge < -0.3 is 19.8 Å². The average Bonchev–Trinajstić information content (AvgIpc) is 2.65. The van der Waals surface area contributed by atoms with Crippen molar-refractivity contribution in [2.45, 2.75) is 57.9 Å². The zero-order chi connectivity index (χ0) is 20.1. The monoisotopic (exact) mass is 383 g/mol. The van der Waals surface area contributed by atoms with Crippen molar-refractivity contribution >= 4 is 11.9 Å². The molecule has 0 saturated carbocycles. The first-order valence-corrected chi connectivity index (χ1v) is 9.52. The number of carboxylic acids is 2. The molecule has 0 radical (unpaired) electrons. The molecule has 1 heterocycles. The lowest BCUT2D eigenvalue weighted by molar-refractivity contribution is -0.159. The van der Waals surface area contributed by atoms with E-state index in [-0.39, 0.29) is 5.82 Å². The van der Waals surface area contributed by atoms with E-state index in [1.807, 2.05) is 0 Å². The third-order valence-corrected chi connectivity index (χ3v) is 4.51. The van der Waals surface area contributed by atoms with Gasteiger partial charge in [0.1, 0.15) is 11.6 Å². The van der Waals surface area contributed by atoms with Gasteiger partial charge in [0.25, 0.3) is 0 Å². The predicted octanol–water partition coefficient (Wildman–Crippen LogP) is 3.79. The molecule has 1 fully saturated rings. The van der Waals surface area contributed by atoms with Crippen molar-refractivity contribution in [3.05, 3.63) is 30.1 Å². The van der Waals surface area contributed by atoms with Gasteiger partial charge in [0.05, 0.1) is 6.61 Å². The molecule has 27 heavy (non-hydrogen) atoms. The van der Waals surface area contributed by atoms with Gasteiger partial charge in [0, 0.05) is 6.04 Å². The summed E-state index contributed by atoms with van der Waals surface area (Å²) >= 11 is 0. The number of unbranched alkanes of at least 4 members (excludes halogenated alkanes) is 2. The topological polar surface area (TPSA) is 87.1 Å². The Labute approximate surface area is 159 Å². The molecule has 0 amide bonds. The fraction of sp³-hybridized carbons (Fsp3) is 0.600. The molecule has 2 rings (SSSR count). The number of ether oxygens (including phenoxy) is 1. The van der Waals surface area contributed by atoms with E-state index in [2.05, 4.69) is 11.8 Å². The lowest BCUT2D eigenvalue weighted by atomic mass is 9.99. The van der Waals surface area contributed by atoms with Crippen molar-refractivity contribution in [3.8, 4) is 5.75 Å². The molecule has 1 saturated heterocycles. The van der Waals surface area contributed by atoms with Crippen LogP contribution >= 0.6 is 0 Å². The second-order valence-electron chi connectivity index (χ2n) is 6.59. The number of carbonyl (C=O) groups is 2. The van der Waals surface area contributed by atoms with Gasteiger partial charge in [-0.05, 0) is 63.0 Å². The van der Waals surface area contributed by atoms with Crippen LogP contribution in [-0.2, 0) is 9.59 Å². The summed E-state index contributed by atoms with van der Waals surface area (Å²) in [5.74, 6) is -3.09. The summed E-state index contributed by atoms with van der Waals surface area (Å²) in [6.07, 6.45) is 8.96. The van der Waals surface area contributed by atoms with Gasteiger partial charge in [0.15, 0.2) is 0 Å². The summed E-state index contributed by atoms with van der Waals surface area (Å²) in [5, 5.41) is 14.8. The predicted molar refractivity (Wildman–Crippen MR) is 101 cm³/mol. The zero-order valence-corrected chi connectivity index (χ0v) is 15.9. The summed E-state index contributed by atoms with van der Waals surface area (Å²) in [5.41, 5.74) is 0. The molecular weight excluding hydrogens is 353 g/mol. The van der Waals surface area contributed by atoms with Crippen LogP contribution in [0.4, 0.5) is 4.39 Å². The van der Waals surface area contributed by atoms with Crippen LogP contribution in [0.25, 0.3) is 0 Å². The highest BCUT2D eigenvalue weighted by atomic mass is 19.1. The Balaban J connectivity index is 0.000000527. The van der Waals surface area contributed by atoms with Gasteiger partial charge >= 0.3 is 11.9 Å². The standard InChI is InChI=1S/C18H28FNO.C2H2O4/c1-2-3-5-13-20-14-6-4-7-17(20)12-15-21-18-10-8-16(19)9-11-18;3-1(4)2(5)6/h8-11,17H,2-7,12-15H2,1H3;(H,3,4)(H,5,6). The van der Waals surface area contributed by atoms with Gasteiger partial charge in [-0.3, -0.25) is 0 Å². The largest absolute Gasteiger partial charge is 0.494 e. The normalized spacial score (nSPS) is 16.9. The van der Waals surface area contributed by atoms with Crippen molar-refractivity contribution in [2.75, 3.05) is 19.7 Å².